The number of benzene rings is 1. The van der Waals surface area contributed by atoms with Crippen molar-refractivity contribution in [1.29, 1.82) is 0 Å². The zero-order valence-electron chi connectivity index (χ0n) is 11.1. The molecule has 2 N–H and O–H groups in total. The summed E-state index contributed by atoms with van der Waals surface area (Å²) < 4.78 is 32.2. The Morgan fingerprint density at radius 3 is 2.50 bits per heavy atom. The van der Waals surface area contributed by atoms with Gasteiger partial charge in [-0.05, 0) is 36.2 Å². The second-order valence-electron chi connectivity index (χ2n) is 4.47. The lowest BCUT2D eigenvalue weighted by Crippen LogP contribution is -2.31. The van der Waals surface area contributed by atoms with Gasteiger partial charge in [0.15, 0.2) is 11.6 Å². The van der Waals surface area contributed by atoms with Crippen molar-refractivity contribution in [1.82, 2.24) is 4.98 Å². The van der Waals surface area contributed by atoms with Crippen LogP contribution in [0.1, 0.15) is 25.0 Å². The van der Waals surface area contributed by atoms with Gasteiger partial charge in [-0.3, -0.25) is 4.98 Å². The average molecular weight is 278 g/mol. The van der Waals surface area contributed by atoms with Crippen LogP contribution in [-0.4, -0.2) is 11.0 Å². The van der Waals surface area contributed by atoms with Crippen LogP contribution >= 0.6 is 0 Å². The molecule has 1 heterocycles. The zero-order valence-corrected chi connectivity index (χ0v) is 11.1. The number of hydrogen-bond donors (Lipinski definition) is 1. The Kier molecular flexibility index (Phi) is 4.63. The van der Waals surface area contributed by atoms with Gasteiger partial charge >= 0.3 is 0 Å². The summed E-state index contributed by atoms with van der Waals surface area (Å²) in [5, 5.41) is 0. The van der Waals surface area contributed by atoms with E-state index in [2.05, 4.69) is 4.98 Å². The van der Waals surface area contributed by atoms with Crippen molar-refractivity contribution < 1.29 is 13.5 Å². The van der Waals surface area contributed by atoms with E-state index in [9.17, 15) is 8.78 Å². The maximum Gasteiger partial charge on any atom is 0.168 e. The highest BCUT2D eigenvalue weighted by Crippen LogP contribution is 2.27. The van der Waals surface area contributed by atoms with Crippen LogP contribution in [0.2, 0.25) is 0 Å². The molecule has 3 nitrogen and oxygen atoms in total. The van der Waals surface area contributed by atoms with E-state index in [1.807, 2.05) is 6.92 Å². The molecule has 106 valence electrons. The lowest BCUT2D eigenvalue weighted by molar-refractivity contribution is 0.163. The molecular weight excluding hydrogens is 262 g/mol. The van der Waals surface area contributed by atoms with Gasteiger partial charge in [0.1, 0.15) is 11.9 Å². The van der Waals surface area contributed by atoms with Crippen molar-refractivity contribution in [2.45, 2.75) is 25.5 Å². The maximum absolute atomic E-state index is 13.7. The predicted octanol–water partition coefficient (Wildman–Crippen LogP) is 3.22. The molecule has 0 fully saturated rings. The summed E-state index contributed by atoms with van der Waals surface area (Å²) in [5.41, 5.74) is 6.84. The number of halogens is 2. The lowest BCUT2D eigenvalue weighted by Gasteiger charge is -2.24. The summed E-state index contributed by atoms with van der Waals surface area (Å²) in [7, 11) is 0. The molecule has 0 saturated carbocycles. The molecule has 2 rings (SSSR count). The van der Waals surface area contributed by atoms with Crippen molar-refractivity contribution in [2.24, 2.45) is 5.73 Å². The molecule has 0 aliphatic rings. The third-order valence-corrected chi connectivity index (χ3v) is 3.04. The molecule has 2 aromatic rings. The summed E-state index contributed by atoms with van der Waals surface area (Å²) in [4.78, 5) is 3.93. The first-order valence-corrected chi connectivity index (χ1v) is 6.39. The van der Waals surface area contributed by atoms with Crippen LogP contribution in [0.3, 0.4) is 0 Å². The fraction of sp³-hybridized carbons (Fsp3) is 0.267. The molecule has 5 heteroatoms. The first kappa shape index (κ1) is 14.4. The Morgan fingerprint density at radius 1 is 1.20 bits per heavy atom. The third-order valence-electron chi connectivity index (χ3n) is 3.04. The summed E-state index contributed by atoms with van der Waals surface area (Å²) in [6.45, 7) is 1.92. The molecule has 2 atom stereocenters. The fourth-order valence-electron chi connectivity index (χ4n) is 1.88. The second-order valence-corrected chi connectivity index (χ2v) is 4.47. The van der Waals surface area contributed by atoms with E-state index in [4.69, 9.17) is 10.5 Å². The van der Waals surface area contributed by atoms with E-state index in [-0.39, 0.29) is 11.8 Å². The number of ether oxygens (including phenoxy) is 1. The number of rotatable bonds is 5. The van der Waals surface area contributed by atoms with E-state index in [0.29, 0.717) is 6.42 Å². The first-order valence-electron chi connectivity index (χ1n) is 6.39. The number of pyridine rings is 1. The first-order chi connectivity index (χ1) is 9.61. The molecule has 0 aliphatic heterocycles. The third kappa shape index (κ3) is 3.30. The SMILES string of the molecule is CCC(N)C(Oc1ccc(F)cc1F)c1ccncc1. The molecule has 0 radical (unpaired) electrons. The number of aromatic nitrogens is 1. The van der Waals surface area contributed by atoms with Crippen LogP contribution in [0.15, 0.2) is 42.7 Å². The van der Waals surface area contributed by atoms with Gasteiger partial charge in [0.25, 0.3) is 0 Å². The van der Waals surface area contributed by atoms with Gasteiger partial charge in [-0.1, -0.05) is 6.92 Å². The monoisotopic (exact) mass is 278 g/mol. The van der Waals surface area contributed by atoms with Crippen LogP contribution in [0.25, 0.3) is 0 Å². The molecule has 0 amide bonds. The smallest absolute Gasteiger partial charge is 0.168 e. The molecule has 2 unspecified atom stereocenters. The standard InChI is InChI=1S/C15H16F2N2O/c1-2-13(18)15(10-5-7-19-8-6-10)20-14-4-3-11(16)9-12(14)17/h3-9,13,15H,2,18H2,1H3. The minimum atomic E-state index is -0.743. The highest BCUT2D eigenvalue weighted by Gasteiger charge is 2.22. The number of hydrogen-bond acceptors (Lipinski definition) is 3. The molecule has 1 aromatic carbocycles. The Labute approximate surface area is 116 Å². The van der Waals surface area contributed by atoms with E-state index >= 15 is 0 Å². The molecule has 0 bridgehead atoms. The average Bonchev–Trinajstić information content (AvgIpc) is 2.46. The lowest BCUT2D eigenvalue weighted by atomic mass is 10.0. The van der Waals surface area contributed by atoms with Crippen LogP contribution in [0, 0.1) is 11.6 Å². The van der Waals surface area contributed by atoms with E-state index in [1.54, 1.807) is 24.5 Å². The minimum absolute atomic E-state index is 0.0166. The fourth-order valence-corrected chi connectivity index (χ4v) is 1.88. The Morgan fingerprint density at radius 2 is 1.90 bits per heavy atom. The van der Waals surface area contributed by atoms with Crippen molar-refractivity contribution >= 4 is 0 Å². The maximum atomic E-state index is 13.7. The van der Waals surface area contributed by atoms with Crippen molar-refractivity contribution in [3.63, 3.8) is 0 Å². The van der Waals surface area contributed by atoms with Crippen LogP contribution in [0.4, 0.5) is 8.78 Å². The summed E-state index contributed by atoms with van der Waals surface area (Å²) in [6, 6.07) is 6.43. The van der Waals surface area contributed by atoms with Gasteiger partial charge < -0.3 is 10.5 Å². The molecule has 0 spiro atoms. The minimum Gasteiger partial charge on any atom is -0.481 e. The Hall–Kier alpha value is -2.01. The van der Waals surface area contributed by atoms with Gasteiger partial charge in [-0.15, -0.1) is 0 Å². The largest absolute Gasteiger partial charge is 0.481 e. The predicted molar refractivity (Wildman–Crippen MR) is 72.2 cm³/mol. The quantitative estimate of drug-likeness (QED) is 0.913. The normalized spacial score (nSPS) is 13.8. The van der Waals surface area contributed by atoms with E-state index < -0.39 is 17.7 Å². The number of nitrogens with zero attached hydrogens (tertiary/aromatic N) is 1. The summed E-state index contributed by atoms with van der Waals surface area (Å²) in [6.07, 6.45) is 3.39. The Bertz CT molecular complexity index is 563. The van der Waals surface area contributed by atoms with Crippen LogP contribution < -0.4 is 10.5 Å². The summed E-state index contributed by atoms with van der Waals surface area (Å²) >= 11 is 0. The van der Waals surface area contributed by atoms with Crippen molar-refractivity contribution in [3.8, 4) is 5.75 Å². The van der Waals surface area contributed by atoms with Gasteiger partial charge in [0.2, 0.25) is 0 Å². The van der Waals surface area contributed by atoms with Gasteiger partial charge in [-0.25, -0.2) is 8.78 Å². The molecule has 1 aromatic heterocycles. The molecule has 0 saturated heterocycles. The van der Waals surface area contributed by atoms with E-state index in [0.717, 1.165) is 17.7 Å². The zero-order chi connectivity index (χ0) is 14.5. The summed E-state index contributed by atoms with van der Waals surface area (Å²) in [5.74, 6) is -1.40. The van der Waals surface area contributed by atoms with Crippen LogP contribution in [-0.2, 0) is 0 Å². The topological polar surface area (TPSA) is 48.1 Å². The van der Waals surface area contributed by atoms with Gasteiger partial charge in [0, 0.05) is 24.5 Å². The molecular formula is C15H16F2N2O. The Balaban J connectivity index is 2.29. The second kappa shape index (κ2) is 6.43. The van der Waals surface area contributed by atoms with Gasteiger partial charge in [-0.2, -0.15) is 0 Å². The van der Waals surface area contributed by atoms with E-state index in [1.165, 1.54) is 6.07 Å². The number of nitrogens with two attached hydrogens (primary N) is 1. The van der Waals surface area contributed by atoms with Crippen LogP contribution in [0.5, 0.6) is 5.75 Å². The van der Waals surface area contributed by atoms with Crippen molar-refractivity contribution in [2.75, 3.05) is 0 Å². The highest BCUT2D eigenvalue weighted by molar-refractivity contribution is 5.27. The molecule has 20 heavy (non-hydrogen) atoms. The molecule has 0 aliphatic carbocycles. The van der Waals surface area contributed by atoms with Gasteiger partial charge in [0.05, 0.1) is 0 Å². The highest BCUT2D eigenvalue weighted by atomic mass is 19.1. The van der Waals surface area contributed by atoms with Crippen molar-refractivity contribution in [3.05, 3.63) is 59.9 Å².